The van der Waals surface area contributed by atoms with E-state index in [1.165, 1.54) is 12.1 Å². The standard InChI is InChI=1S/C14H13FN6/c1-9(11-3-5-12(15)6-4-11)16-18-13-7-8-14-19-17-10(2)21(14)20-13/h3-8H,1-2H3,(H,18,20)/b16-9-. The molecule has 1 aromatic carbocycles. The number of halogens is 1. The molecule has 2 aromatic heterocycles. The van der Waals surface area contributed by atoms with Crippen LogP contribution in [0, 0.1) is 12.7 Å². The number of hydrazone groups is 1. The summed E-state index contributed by atoms with van der Waals surface area (Å²) in [7, 11) is 0. The molecule has 1 N–H and O–H groups in total. The van der Waals surface area contributed by atoms with Gasteiger partial charge in [-0.1, -0.05) is 12.1 Å². The summed E-state index contributed by atoms with van der Waals surface area (Å²) in [4.78, 5) is 0. The van der Waals surface area contributed by atoms with Crippen LogP contribution in [0.25, 0.3) is 5.65 Å². The third-order valence-corrected chi connectivity index (χ3v) is 3.02. The minimum Gasteiger partial charge on any atom is -0.260 e. The van der Waals surface area contributed by atoms with Crippen molar-refractivity contribution in [3.63, 3.8) is 0 Å². The molecule has 106 valence electrons. The summed E-state index contributed by atoms with van der Waals surface area (Å²) in [6.45, 7) is 3.66. The predicted molar refractivity (Wildman–Crippen MR) is 77.8 cm³/mol. The maximum Gasteiger partial charge on any atom is 0.178 e. The van der Waals surface area contributed by atoms with Gasteiger partial charge in [-0.2, -0.15) is 9.62 Å². The average molecular weight is 284 g/mol. The number of nitrogens with one attached hydrogen (secondary N) is 1. The molecule has 0 radical (unpaired) electrons. The van der Waals surface area contributed by atoms with Crippen molar-refractivity contribution in [1.29, 1.82) is 0 Å². The average Bonchev–Trinajstić information content (AvgIpc) is 2.87. The number of nitrogens with zero attached hydrogens (tertiary/aromatic N) is 5. The number of anilines is 1. The fourth-order valence-corrected chi connectivity index (χ4v) is 1.85. The molecule has 0 aliphatic rings. The molecule has 0 aliphatic heterocycles. The van der Waals surface area contributed by atoms with Crippen LogP contribution in [0.2, 0.25) is 0 Å². The number of aryl methyl sites for hydroxylation is 1. The Bertz CT molecular complexity index is 806. The number of fused-ring (bicyclic) bond motifs is 1. The first-order chi connectivity index (χ1) is 10.1. The molecule has 2 heterocycles. The van der Waals surface area contributed by atoms with Crippen LogP contribution >= 0.6 is 0 Å². The molecule has 3 rings (SSSR count). The van der Waals surface area contributed by atoms with Crippen LogP contribution in [-0.2, 0) is 0 Å². The van der Waals surface area contributed by atoms with Gasteiger partial charge in [-0.3, -0.25) is 5.43 Å². The van der Waals surface area contributed by atoms with Gasteiger partial charge in [0.05, 0.1) is 5.71 Å². The predicted octanol–water partition coefficient (Wildman–Crippen LogP) is 2.41. The Labute approximate surface area is 120 Å². The first kappa shape index (κ1) is 13.2. The second-order valence-electron chi connectivity index (χ2n) is 4.55. The zero-order valence-electron chi connectivity index (χ0n) is 11.6. The van der Waals surface area contributed by atoms with E-state index in [9.17, 15) is 4.39 Å². The topological polar surface area (TPSA) is 67.5 Å². The van der Waals surface area contributed by atoms with E-state index in [-0.39, 0.29) is 5.82 Å². The maximum atomic E-state index is 12.9. The van der Waals surface area contributed by atoms with Gasteiger partial charge in [-0.15, -0.1) is 15.3 Å². The summed E-state index contributed by atoms with van der Waals surface area (Å²) in [6.07, 6.45) is 0. The van der Waals surface area contributed by atoms with E-state index in [1.54, 1.807) is 28.8 Å². The van der Waals surface area contributed by atoms with Crippen LogP contribution in [0.5, 0.6) is 0 Å². The molecule has 0 amide bonds. The van der Waals surface area contributed by atoms with Crippen molar-refractivity contribution >= 4 is 17.2 Å². The molecule has 0 aliphatic carbocycles. The minimum atomic E-state index is -0.269. The van der Waals surface area contributed by atoms with Gasteiger partial charge in [0.1, 0.15) is 5.82 Å². The van der Waals surface area contributed by atoms with Crippen molar-refractivity contribution in [2.24, 2.45) is 5.10 Å². The Morgan fingerprint density at radius 1 is 1.14 bits per heavy atom. The Kier molecular flexibility index (Phi) is 3.31. The highest BCUT2D eigenvalue weighted by atomic mass is 19.1. The summed E-state index contributed by atoms with van der Waals surface area (Å²) in [5.74, 6) is 1.01. The highest BCUT2D eigenvalue weighted by molar-refractivity contribution is 5.98. The fraction of sp³-hybridized carbons (Fsp3) is 0.143. The lowest BCUT2D eigenvalue weighted by molar-refractivity contribution is 0.628. The van der Waals surface area contributed by atoms with E-state index < -0.39 is 0 Å². The second-order valence-corrected chi connectivity index (χ2v) is 4.55. The van der Waals surface area contributed by atoms with Crippen LogP contribution in [-0.4, -0.2) is 25.5 Å². The molecule has 0 bridgehead atoms. The number of aromatic nitrogens is 4. The van der Waals surface area contributed by atoms with E-state index >= 15 is 0 Å². The Morgan fingerprint density at radius 2 is 1.90 bits per heavy atom. The molecule has 7 heteroatoms. The molecular weight excluding hydrogens is 271 g/mol. The van der Waals surface area contributed by atoms with Gasteiger partial charge in [0, 0.05) is 0 Å². The van der Waals surface area contributed by atoms with E-state index in [0.29, 0.717) is 17.3 Å². The van der Waals surface area contributed by atoms with Crippen LogP contribution in [0.3, 0.4) is 0 Å². The summed E-state index contributed by atoms with van der Waals surface area (Å²) in [5, 5.41) is 16.5. The van der Waals surface area contributed by atoms with Gasteiger partial charge in [0.25, 0.3) is 0 Å². The quantitative estimate of drug-likeness (QED) is 0.592. The molecule has 0 unspecified atom stereocenters. The Balaban J connectivity index is 1.82. The molecular formula is C14H13FN6. The van der Waals surface area contributed by atoms with Crippen molar-refractivity contribution in [2.75, 3.05) is 5.43 Å². The monoisotopic (exact) mass is 284 g/mol. The van der Waals surface area contributed by atoms with E-state index in [0.717, 1.165) is 11.3 Å². The van der Waals surface area contributed by atoms with Crippen LogP contribution < -0.4 is 5.43 Å². The maximum absolute atomic E-state index is 12.9. The normalized spacial score (nSPS) is 11.9. The highest BCUT2D eigenvalue weighted by Crippen LogP contribution is 2.08. The molecule has 0 fully saturated rings. The molecule has 21 heavy (non-hydrogen) atoms. The number of hydrogen-bond acceptors (Lipinski definition) is 5. The zero-order chi connectivity index (χ0) is 14.8. The summed E-state index contributed by atoms with van der Waals surface area (Å²) in [6, 6.07) is 9.73. The number of hydrogen-bond donors (Lipinski definition) is 1. The van der Waals surface area contributed by atoms with E-state index in [4.69, 9.17) is 0 Å². The van der Waals surface area contributed by atoms with Crippen LogP contribution in [0.15, 0.2) is 41.5 Å². The molecule has 3 aromatic rings. The summed E-state index contributed by atoms with van der Waals surface area (Å²) in [5.41, 5.74) is 5.12. The van der Waals surface area contributed by atoms with Gasteiger partial charge in [-0.25, -0.2) is 4.39 Å². The third-order valence-electron chi connectivity index (χ3n) is 3.02. The SMILES string of the molecule is C/C(=N/Nc1ccc2nnc(C)n2n1)c1ccc(F)cc1. The van der Waals surface area contributed by atoms with Crippen molar-refractivity contribution in [1.82, 2.24) is 19.8 Å². The molecule has 0 saturated heterocycles. The van der Waals surface area contributed by atoms with Gasteiger partial charge in [0.15, 0.2) is 17.3 Å². The smallest absolute Gasteiger partial charge is 0.178 e. The van der Waals surface area contributed by atoms with Gasteiger partial charge in [-0.05, 0) is 43.7 Å². The van der Waals surface area contributed by atoms with Crippen molar-refractivity contribution in [2.45, 2.75) is 13.8 Å². The van der Waals surface area contributed by atoms with Crippen molar-refractivity contribution < 1.29 is 4.39 Å². The summed E-state index contributed by atoms with van der Waals surface area (Å²) >= 11 is 0. The first-order valence-corrected chi connectivity index (χ1v) is 6.39. The molecule has 0 saturated carbocycles. The largest absolute Gasteiger partial charge is 0.260 e. The van der Waals surface area contributed by atoms with Gasteiger partial charge < -0.3 is 0 Å². The number of rotatable bonds is 3. The van der Waals surface area contributed by atoms with Gasteiger partial charge >= 0.3 is 0 Å². The fourth-order valence-electron chi connectivity index (χ4n) is 1.85. The van der Waals surface area contributed by atoms with Gasteiger partial charge in [0.2, 0.25) is 0 Å². The minimum absolute atomic E-state index is 0.269. The zero-order valence-corrected chi connectivity index (χ0v) is 11.6. The van der Waals surface area contributed by atoms with Crippen LogP contribution in [0.1, 0.15) is 18.3 Å². The first-order valence-electron chi connectivity index (χ1n) is 6.39. The van der Waals surface area contributed by atoms with Crippen molar-refractivity contribution in [3.8, 4) is 0 Å². The second kappa shape index (κ2) is 5.28. The molecule has 0 atom stereocenters. The molecule has 0 spiro atoms. The summed E-state index contributed by atoms with van der Waals surface area (Å²) < 4.78 is 14.5. The third kappa shape index (κ3) is 2.71. The van der Waals surface area contributed by atoms with E-state index in [1.807, 2.05) is 13.8 Å². The lowest BCUT2D eigenvalue weighted by atomic mass is 10.1. The van der Waals surface area contributed by atoms with Crippen molar-refractivity contribution in [3.05, 3.63) is 53.6 Å². The number of benzene rings is 1. The van der Waals surface area contributed by atoms with E-state index in [2.05, 4.69) is 25.8 Å². The lowest BCUT2D eigenvalue weighted by Crippen LogP contribution is -2.03. The Hall–Kier alpha value is -2.83. The Morgan fingerprint density at radius 3 is 2.67 bits per heavy atom. The lowest BCUT2D eigenvalue weighted by Gasteiger charge is -2.03. The molecule has 6 nitrogen and oxygen atoms in total. The highest BCUT2D eigenvalue weighted by Gasteiger charge is 2.03. The van der Waals surface area contributed by atoms with Crippen LogP contribution in [0.4, 0.5) is 10.2 Å².